The number of rotatable bonds is 6. The van der Waals surface area contributed by atoms with Crippen LogP contribution in [-0.2, 0) is 18.3 Å². The molecule has 3 aromatic rings. The highest BCUT2D eigenvalue weighted by Crippen LogP contribution is 2.29. The number of nitrogens with zero attached hydrogens (tertiary/aromatic N) is 3. The van der Waals surface area contributed by atoms with Crippen LogP contribution in [0.2, 0.25) is 0 Å². The van der Waals surface area contributed by atoms with Crippen molar-refractivity contribution in [2.24, 2.45) is 7.05 Å². The fourth-order valence-corrected chi connectivity index (χ4v) is 2.89. The molecule has 0 aliphatic heterocycles. The molecule has 1 N–H and O–H groups in total. The lowest BCUT2D eigenvalue weighted by Crippen LogP contribution is -2.30. The highest BCUT2D eigenvalue weighted by molar-refractivity contribution is 5.93. The third-order valence-corrected chi connectivity index (χ3v) is 4.24. The third-order valence-electron chi connectivity index (χ3n) is 4.24. The molecule has 1 atom stereocenters. The lowest BCUT2D eigenvalue weighted by atomic mass is 10.0. The number of hydrogen-bond donors (Lipinski definition) is 1. The van der Waals surface area contributed by atoms with E-state index in [1.165, 1.54) is 17.1 Å². The lowest BCUT2D eigenvalue weighted by Gasteiger charge is -2.16. The van der Waals surface area contributed by atoms with E-state index in [9.17, 15) is 9.59 Å². The zero-order valence-electron chi connectivity index (χ0n) is 15.8. The highest BCUT2D eigenvalue weighted by Gasteiger charge is 2.19. The fourth-order valence-electron chi connectivity index (χ4n) is 2.89. The van der Waals surface area contributed by atoms with Crippen molar-refractivity contribution in [3.63, 3.8) is 0 Å². The maximum absolute atomic E-state index is 12.3. The first-order chi connectivity index (χ1) is 12.9. The second-order valence-electron chi connectivity index (χ2n) is 6.37. The number of anilines is 1. The van der Waals surface area contributed by atoms with E-state index < -0.39 is 6.10 Å². The first kappa shape index (κ1) is 18.6. The van der Waals surface area contributed by atoms with Crippen LogP contribution >= 0.6 is 0 Å². The highest BCUT2D eigenvalue weighted by atomic mass is 16.5. The summed E-state index contributed by atoms with van der Waals surface area (Å²) < 4.78 is 11.2. The maximum Gasteiger partial charge on any atom is 0.336 e. The number of carbonyl (C=O) groups is 1. The third kappa shape index (κ3) is 3.99. The number of amides is 1. The van der Waals surface area contributed by atoms with Gasteiger partial charge in [-0.05, 0) is 38.0 Å². The van der Waals surface area contributed by atoms with Gasteiger partial charge in [0.05, 0.1) is 6.20 Å². The van der Waals surface area contributed by atoms with Gasteiger partial charge in [0, 0.05) is 24.1 Å². The Balaban J connectivity index is 1.85. The number of nitrogens with one attached hydrogen (secondary N) is 1. The minimum atomic E-state index is -0.770. The van der Waals surface area contributed by atoms with Gasteiger partial charge in [-0.25, -0.2) is 4.79 Å². The standard InChI is InChI=1S/C19H22N4O4/c1-5-6-13-9-17(24)27-18-11(2)15(8-7-14(13)18)26-12(3)19(25)21-16-10-20-23(4)22-16/h7-10,12H,5-6H2,1-4H3,(H,21,22,25). The van der Waals surface area contributed by atoms with E-state index >= 15 is 0 Å². The van der Waals surface area contributed by atoms with Crippen LogP contribution in [-0.4, -0.2) is 27.0 Å². The Hall–Kier alpha value is -3.16. The number of hydrogen-bond acceptors (Lipinski definition) is 6. The van der Waals surface area contributed by atoms with Crippen LogP contribution in [0.4, 0.5) is 5.82 Å². The molecule has 0 fully saturated rings. The summed E-state index contributed by atoms with van der Waals surface area (Å²) in [5, 5.41) is 11.4. The number of fused-ring (bicyclic) bond motifs is 1. The summed E-state index contributed by atoms with van der Waals surface area (Å²) >= 11 is 0. The van der Waals surface area contributed by atoms with Crippen LogP contribution in [0.3, 0.4) is 0 Å². The summed E-state index contributed by atoms with van der Waals surface area (Å²) in [7, 11) is 1.66. The minimum absolute atomic E-state index is 0.350. The summed E-state index contributed by atoms with van der Waals surface area (Å²) in [6.07, 6.45) is 2.40. The molecule has 0 bridgehead atoms. The average Bonchev–Trinajstić information content (AvgIpc) is 3.02. The summed E-state index contributed by atoms with van der Waals surface area (Å²) in [6, 6.07) is 5.19. The predicted octanol–water partition coefficient (Wildman–Crippen LogP) is 2.59. The van der Waals surface area contributed by atoms with Crippen LogP contribution in [0, 0.1) is 6.92 Å². The fraction of sp³-hybridized carbons (Fsp3) is 0.368. The monoisotopic (exact) mass is 370 g/mol. The maximum atomic E-state index is 12.3. The minimum Gasteiger partial charge on any atom is -0.480 e. The van der Waals surface area contributed by atoms with E-state index in [4.69, 9.17) is 9.15 Å². The Kier molecular flexibility index (Phi) is 5.25. The van der Waals surface area contributed by atoms with Crippen molar-refractivity contribution in [2.45, 2.75) is 39.7 Å². The molecule has 0 aliphatic rings. The zero-order chi connectivity index (χ0) is 19.6. The van der Waals surface area contributed by atoms with Gasteiger partial charge in [0.25, 0.3) is 5.91 Å². The van der Waals surface area contributed by atoms with Gasteiger partial charge in [-0.15, -0.1) is 5.10 Å². The van der Waals surface area contributed by atoms with E-state index in [1.54, 1.807) is 20.0 Å². The number of carbonyl (C=O) groups excluding carboxylic acids is 1. The normalized spacial score (nSPS) is 12.1. The molecule has 0 saturated heterocycles. The van der Waals surface area contributed by atoms with Crippen LogP contribution in [0.1, 0.15) is 31.4 Å². The topological polar surface area (TPSA) is 99.2 Å². The van der Waals surface area contributed by atoms with Gasteiger partial charge in [-0.1, -0.05) is 13.3 Å². The van der Waals surface area contributed by atoms with Crippen molar-refractivity contribution >= 4 is 22.7 Å². The van der Waals surface area contributed by atoms with Crippen molar-refractivity contribution in [1.82, 2.24) is 15.0 Å². The van der Waals surface area contributed by atoms with E-state index in [-0.39, 0.29) is 11.5 Å². The summed E-state index contributed by atoms with van der Waals surface area (Å²) in [4.78, 5) is 25.6. The molecule has 2 aromatic heterocycles. The largest absolute Gasteiger partial charge is 0.480 e. The molecular weight excluding hydrogens is 348 g/mol. The van der Waals surface area contributed by atoms with E-state index in [2.05, 4.69) is 22.4 Å². The van der Waals surface area contributed by atoms with Crippen LogP contribution in [0.25, 0.3) is 11.0 Å². The van der Waals surface area contributed by atoms with Crippen LogP contribution < -0.4 is 15.7 Å². The molecule has 1 unspecified atom stereocenters. The second kappa shape index (κ2) is 7.61. The molecule has 2 heterocycles. The molecular formula is C19H22N4O4. The van der Waals surface area contributed by atoms with Gasteiger partial charge in [0.15, 0.2) is 11.9 Å². The molecule has 0 radical (unpaired) electrons. The first-order valence-corrected chi connectivity index (χ1v) is 8.79. The Morgan fingerprint density at radius 3 is 2.85 bits per heavy atom. The number of benzene rings is 1. The average molecular weight is 370 g/mol. The lowest BCUT2D eigenvalue weighted by molar-refractivity contribution is -0.122. The molecule has 8 nitrogen and oxygen atoms in total. The van der Waals surface area contributed by atoms with Crippen molar-refractivity contribution in [2.75, 3.05) is 5.32 Å². The van der Waals surface area contributed by atoms with Crippen molar-refractivity contribution < 1.29 is 13.9 Å². The molecule has 0 saturated carbocycles. The van der Waals surface area contributed by atoms with Gasteiger partial charge in [0.1, 0.15) is 11.3 Å². The van der Waals surface area contributed by atoms with Gasteiger partial charge >= 0.3 is 5.63 Å². The molecule has 27 heavy (non-hydrogen) atoms. The zero-order valence-corrected chi connectivity index (χ0v) is 15.8. The second-order valence-corrected chi connectivity index (χ2v) is 6.37. The van der Waals surface area contributed by atoms with E-state index in [0.29, 0.717) is 22.7 Å². The Morgan fingerprint density at radius 2 is 2.19 bits per heavy atom. The first-order valence-electron chi connectivity index (χ1n) is 8.79. The van der Waals surface area contributed by atoms with Crippen LogP contribution in [0.15, 0.2) is 33.6 Å². The number of ether oxygens (including phenoxy) is 1. The van der Waals surface area contributed by atoms with Crippen molar-refractivity contribution in [3.8, 4) is 5.75 Å². The van der Waals surface area contributed by atoms with Gasteiger partial charge in [0.2, 0.25) is 0 Å². The Bertz CT molecular complexity index is 1040. The molecule has 1 amide bonds. The Morgan fingerprint density at radius 1 is 1.41 bits per heavy atom. The van der Waals surface area contributed by atoms with Crippen molar-refractivity contribution in [3.05, 3.63) is 45.9 Å². The SMILES string of the molecule is CCCc1cc(=O)oc2c(C)c(OC(C)C(=O)Nc3cnn(C)n3)ccc12. The molecule has 1 aromatic carbocycles. The van der Waals surface area contributed by atoms with Gasteiger partial charge in [-0.3, -0.25) is 4.79 Å². The Labute approximate surface area is 156 Å². The quantitative estimate of drug-likeness (QED) is 0.670. The predicted molar refractivity (Wildman–Crippen MR) is 101 cm³/mol. The van der Waals surface area contributed by atoms with Gasteiger partial charge in [-0.2, -0.15) is 9.90 Å². The van der Waals surface area contributed by atoms with Crippen molar-refractivity contribution in [1.29, 1.82) is 0 Å². The number of aromatic nitrogens is 3. The van der Waals surface area contributed by atoms with Crippen LogP contribution in [0.5, 0.6) is 5.75 Å². The molecule has 142 valence electrons. The van der Waals surface area contributed by atoms with E-state index in [1.807, 2.05) is 13.0 Å². The molecule has 3 rings (SSSR count). The summed E-state index contributed by atoms with van der Waals surface area (Å²) in [5.41, 5.74) is 1.73. The summed E-state index contributed by atoms with van der Waals surface area (Å²) in [5.74, 6) is 0.487. The molecule has 0 aliphatic carbocycles. The molecule has 0 spiro atoms. The molecule has 8 heteroatoms. The van der Waals surface area contributed by atoms with Gasteiger partial charge < -0.3 is 14.5 Å². The number of aryl methyl sites for hydroxylation is 3. The smallest absolute Gasteiger partial charge is 0.336 e. The summed E-state index contributed by atoms with van der Waals surface area (Å²) in [6.45, 7) is 5.50. The van der Waals surface area contributed by atoms with E-state index in [0.717, 1.165) is 23.8 Å².